The number of esters is 2. The zero-order valence-electron chi connectivity index (χ0n) is 48.9. The molecule has 7 nitrogen and oxygen atoms in total. The van der Waals surface area contributed by atoms with Crippen LogP contribution in [0.15, 0.2) is 0 Å². The molecular formula is C58H99F15N2O5. The first-order chi connectivity index (χ1) is 37.4. The topological polar surface area (TPSA) is 76.2 Å². The van der Waals surface area contributed by atoms with E-state index in [-0.39, 0.29) is 107 Å². The molecule has 0 bridgehead atoms. The van der Waals surface area contributed by atoms with Gasteiger partial charge in [0, 0.05) is 25.4 Å². The van der Waals surface area contributed by atoms with Crippen LogP contribution in [0.5, 0.6) is 0 Å². The number of hydrogen-bond acceptors (Lipinski definition) is 6. The van der Waals surface area contributed by atoms with Crippen LogP contribution in [0.4, 0.5) is 65.9 Å². The van der Waals surface area contributed by atoms with Crippen LogP contribution in [0.25, 0.3) is 0 Å². The molecule has 22 heteroatoms. The number of hydrogen-bond donors (Lipinski definition) is 0. The molecule has 0 heterocycles. The predicted octanol–water partition coefficient (Wildman–Crippen LogP) is 19.2. The summed E-state index contributed by atoms with van der Waals surface area (Å²) in [7, 11) is 3.34. The average Bonchev–Trinajstić information content (AvgIpc) is 3.38. The lowest BCUT2D eigenvalue weighted by Gasteiger charge is -2.42. The van der Waals surface area contributed by atoms with Gasteiger partial charge < -0.3 is 19.3 Å². The van der Waals surface area contributed by atoms with E-state index in [1.165, 1.54) is 0 Å². The van der Waals surface area contributed by atoms with Crippen molar-refractivity contribution in [1.82, 2.24) is 9.80 Å². The molecule has 0 aromatic carbocycles. The standard InChI is InChI=1S/C58H99F15N2O5/c1-7-11-15-19-20-27-37-47(36-26-18-14-10-4)45-80-50(77)41-31-22-29-39-48(38-28-21-30-40-49(76)79-44-46(34-24-16-12-8-2)35-25-17-13-9-3)75(43-33-23-32-42-74(5)6)51(78)52(59,60)53(61,62)54(63,64)55(65,66)56(67,68)57(69,70)58(71,72)73/h46-48H,7-45H2,1-6H3. The number of carbonyl (C=O) groups is 3. The molecule has 0 radical (unpaired) electrons. The van der Waals surface area contributed by atoms with E-state index in [1.54, 1.807) is 19.0 Å². The Hall–Kier alpha value is -2.68. The van der Waals surface area contributed by atoms with Crippen molar-refractivity contribution in [1.29, 1.82) is 0 Å². The second-order valence-electron chi connectivity index (χ2n) is 22.4. The number of alkyl halides is 15. The molecule has 0 fully saturated rings. The summed E-state index contributed by atoms with van der Waals surface area (Å²) in [6, 6.07) is -1.58. The van der Waals surface area contributed by atoms with Crippen molar-refractivity contribution in [3.63, 3.8) is 0 Å². The molecule has 0 rings (SSSR count). The van der Waals surface area contributed by atoms with Crippen LogP contribution >= 0.6 is 0 Å². The molecule has 0 aliphatic rings. The summed E-state index contributed by atoms with van der Waals surface area (Å²) in [4.78, 5) is 41.2. The number of halogens is 15. The second kappa shape index (κ2) is 39.8. The first-order valence-corrected chi connectivity index (χ1v) is 30.0. The number of carbonyl (C=O) groups excluding carboxylic acids is 3. The zero-order valence-corrected chi connectivity index (χ0v) is 48.9. The molecule has 476 valence electrons. The quantitative estimate of drug-likeness (QED) is 0.0343. The fourth-order valence-corrected chi connectivity index (χ4v) is 9.71. The van der Waals surface area contributed by atoms with Gasteiger partial charge in [0.05, 0.1) is 13.2 Å². The fourth-order valence-electron chi connectivity index (χ4n) is 9.71. The van der Waals surface area contributed by atoms with E-state index in [9.17, 15) is 62.7 Å². The maximum absolute atomic E-state index is 15.9. The monoisotopic (exact) mass is 1190 g/mol. The smallest absolute Gasteiger partial charge is 0.460 e. The first kappa shape index (κ1) is 77.3. The average molecular weight is 1190 g/mol. The summed E-state index contributed by atoms with van der Waals surface area (Å²) < 4.78 is 227. The minimum atomic E-state index is -8.53. The van der Waals surface area contributed by atoms with Crippen LogP contribution < -0.4 is 0 Å². The predicted molar refractivity (Wildman–Crippen MR) is 283 cm³/mol. The van der Waals surface area contributed by atoms with Crippen molar-refractivity contribution in [3.8, 4) is 0 Å². The molecule has 1 amide bonds. The Labute approximate surface area is 468 Å². The highest BCUT2D eigenvalue weighted by Gasteiger charge is 2.94. The molecule has 80 heavy (non-hydrogen) atoms. The minimum Gasteiger partial charge on any atom is -0.465 e. The van der Waals surface area contributed by atoms with Gasteiger partial charge in [-0.25, -0.2) is 0 Å². The summed E-state index contributed by atoms with van der Waals surface area (Å²) in [6.45, 7) is 8.29. The van der Waals surface area contributed by atoms with Gasteiger partial charge in [-0.15, -0.1) is 0 Å². The molecule has 0 aliphatic carbocycles. The normalized spacial score (nSPS) is 14.0. The van der Waals surface area contributed by atoms with Crippen molar-refractivity contribution in [2.24, 2.45) is 11.8 Å². The van der Waals surface area contributed by atoms with Gasteiger partial charge in [0.1, 0.15) is 0 Å². The van der Waals surface area contributed by atoms with Gasteiger partial charge in [0.15, 0.2) is 0 Å². The molecule has 0 aliphatic heterocycles. The third-order valence-electron chi connectivity index (χ3n) is 15.0. The van der Waals surface area contributed by atoms with Gasteiger partial charge in [-0.2, -0.15) is 65.9 Å². The van der Waals surface area contributed by atoms with E-state index < -0.39 is 72.1 Å². The summed E-state index contributed by atoms with van der Waals surface area (Å²) in [5.74, 6) is -52.6. The maximum Gasteiger partial charge on any atom is 0.460 e. The van der Waals surface area contributed by atoms with E-state index in [4.69, 9.17) is 9.47 Å². The fraction of sp³-hybridized carbons (Fsp3) is 0.948. The lowest BCUT2D eigenvalue weighted by molar-refractivity contribution is -0.450. The van der Waals surface area contributed by atoms with Crippen LogP contribution in [-0.4, -0.2) is 116 Å². The third-order valence-corrected chi connectivity index (χ3v) is 15.0. The first-order valence-electron chi connectivity index (χ1n) is 30.0. The maximum atomic E-state index is 15.9. The largest absolute Gasteiger partial charge is 0.465 e. The minimum absolute atomic E-state index is 0.0222. The van der Waals surface area contributed by atoms with E-state index >= 15 is 17.6 Å². The molecule has 2 unspecified atom stereocenters. The van der Waals surface area contributed by atoms with Gasteiger partial charge in [-0.05, 0) is 96.7 Å². The van der Waals surface area contributed by atoms with E-state index in [2.05, 4.69) is 27.7 Å². The van der Waals surface area contributed by atoms with E-state index in [1.807, 2.05) is 0 Å². The Morgan fingerprint density at radius 1 is 0.362 bits per heavy atom. The Kier molecular flexibility index (Phi) is 38.5. The summed E-state index contributed by atoms with van der Waals surface area (Å²) in [5.41, 5.74) is 0. The molecule has 0 N–H and O–H groups in total. The van der Waals surface area contributed by atoms with Crippen molar-refractivity contribution < 1.29 is 89.7 Å². The molecule has 2 atom stereocenters. The molecule has 0 spiro atoms. The molecule has 0 aromatic heterocycles. The second-order valence-corrected chi connectivity index (χ2v) is 22.4. The van der Waals surface area contributed by atoms with Crippen molar-refractivity contribution in [2.45, 2.75) is 300 Å². The zero-order chi connectivity index (χ0) is 61.1. The third kappa shape index (κ3) is 26.5. The van der Waals surface area contributed by atoms with Crippen molar-refractivity contribution >= 4 is 17.8 Å². The SMILES string of the molecule is CCCCCCCCC(CCCCCC)COC(=O)CCCCCC(CCCCCC(=O)OCC(CCCCCC)CCCCCC)N(CCCCCN(C)C)C(=O)C(F)(F)C(F)(F)C(F)(F)C(F)(F)C(F)(F)C(F)(F)C(F)(F)F. The Morgan fingerprint density at radius 2 is 0.662 bits per heavy atom. The number of rotatable bonds is 51. The van der Waals surface area contributed by atoms with Gasteiger partial charge in [-0.1, -0.05) is 175 Å². The molecular weight excluding hydrogens is 1090 g/mol. The highest BCUT2D eigenvalue weighted by Crippen LogP contribution is 2.62. The van der Waals surface area contributed by atoms with Crippen molar-refractivity contribution in [3.05, 3.63) is 0 Å². The van der Waals surface area contributed by atoms with Crippen LogP contribution in [0.2, 0.25) is 0 Å². The van der Waals surface area contributed by atoms with E-state index in [0.29, 0.717) is 13.0 Å². The van der Waals surface area contributed by atoms with Gasteiger partial charge in [0.25, 0.3) is 5.91 Å². The number of nitrogens with zero attached hydrogens (tertiary/aromatic N) is 2. The number of amides is 1. The van der Waals surface area contributed by atoms with E-state index in [0.717, 1.165) is 141 Å². The van der Waals surface area contributed by atoms with Crippen LogP contribution in [0, 0.1) is 11.8 Å². The van der Waals surface area contributed by atoms with Crippen LogP contribution in [0.3, 0.4) is 0 Å². The van der Waals surface area contributed by atoms with Gasteiger partial charge >= 0.3 is 53.7 Å². The number of ether oxygens (including phenoxy) is 2. The highest BCUT2D eigenvalue weighted by atomic mass is 19.4. The Balaban J connectivity index is 6.67. The summed E-state index contributed by atoms with van der Waals surface area (Å²) >= 11 is 0. The lowest BCUT2D eigenvalue weighted by atomic mass is 9.90. The Morgan fingerprint density at radius 3 is 1.04 bits per heavy atom. The van der Waals surface area contributed by atoms with Crippen molar-refractivity contribution in [2.75, 3.05) is 40.4 Å². The molecule has 0 aromatic rings. The van der Waals surface area contributed by atoms with Gasteiger partial charge in [0.2, 0.25) is 0 Å². The lowest BCUT2D eigenvalue weighted by Crippen LogP contribution is -2.74. The van der Waals surface area contributed by atoms with Crippen LogP contribution in [0.1, 0.15) is 252 Å². The number of unbranched alkanes of at least 4 members (excludes halogenated alkanes) is 20. The Bertz CT molecular complexity index is 1630. The van der Waals surface area contributed by atoms with Gasteiger partial charge in [-0.3, -0.25) is 14.4 Å². The van der Waals surface area contributed by atoms with Crippen LogP contribution in [-0.2, 0) is 23.9 Å². The molecule has 0 saturated carbocycles. The summed E-state index contributed by atoms with van der Waals surface area (Å²) in [5, 5.41) is 0. The highest BCUT2D eigenvalue weighted by molar-refractivity contribution is 5.85. The molecule has 0 saturated heterocycles. The summed E-state index contributed by atoms with van der Waals surface area (Å²) in [6.07, 6.45) is 14.5.